The van der Waals surface area contributed by atoms with Crippen LogP contribution in [0.5, 0.6) is 5.75 Å². The quantitative estimate of drug-likeness (QED) is 0.916. The summed E-state index contributed by atoms with van der Waals surface area (Å²) in [6.45, 7) is 2.42. The lowest BCUT2D eigenvalue weighted by Gasteiger charge is -2.28. The molecule has 126 valence electrons. The Morgan fingerprint density at radius 1 is 1.33 bits per heavy atom. The summed E-state index contributed by atoms with van der Waals surface area (Å²) < 4.78 is 5.45. The molecule has 1 aliphatic heterocycles. The molecule has 0 saturated heterocycles. The first-order valence-electron chi connectivity index (χ1n) is 8.68. The van der Waals surface area contributed by atoms with E-state index in [1.807, 2.05) is 18.2 Å². The first-order chi connectivity index (χ1) is 11.7. The van der Waals surface area contributed by atoms with E-state index in [4.69, 9.17) is 9.72 Å². The number of methoxy groups -OCH3 is 1. The number of para-hydroxylation sites is 1. The van der Waals surface area contributed by atoms with Crippen molar-refractivity contribution in [3.63, 3.8) is 0 Å². The molecule has 0 unspecified atom stereocenters. The molecule has 24 heavy (non-hydrogen) atoms. The number of hydrogen-bond donors (Lipinski definition) is 1. The van der Waals surface area contributed by atoms with Gasteiger partial charge < -0.3 is 9.72 Å². The van der Waals surface area contributed by atoms with Gasteiger partial charge >= 0.3 is 0 Å². The van der Waals surface area contributed by atoms with Crippen LogP contribution in [0.25, 0.3) is 0 Å². The number of fused-ring (bicyclic) bond motifs is 1. The van der Waals surface area contributed by atoms with Crippen molar-refractivity contribution in [3.8, 4) is 5.75 Å². The molecule has 1 N–H and O–H groups in total. The predicted octanol–water partition coefficient (Wildman–Crippen LogP) is 2.29. The van der Waals surface area contributed by atoms with E-state index < -0.39 is 0 Å². The van der Waals surface area contributed by atoms with Gasteiger partial charge in [-0.05, 0) is 31.2 Å². The van der Waals surface area contributed by atoms with Gasteiger partial charge in [-0.1, -0.05) is 18.2 Å². The van der Waals surface area contributed by atoms with Gasteiger partial charge in [-0.15, -0.1) is 0 Å². The van der Waals surface area contributed by atoms with Crippen LogP contribution in [0, 0.1) is 5.92 Å². The Balaban J connectivity index is 1.54. The predicted molar refractivity (Wildman–Crippen MR) is 92.1 cm³/mol. The Morgan fingerprint density at radius 2 is 2.17 bits per heavy atom. The van der Waals surface area contributed by atoms with Gasteiger partial charge in [-0.25, -0.2) is 4.98 Å². The van der Waals surface area contributed by atoms with Crippen molar-refractivity contribution in [1.82, 2.24) is 14.9 Å². The van der Waals surface area contributed by atoms with Crippen LogP contribution in [-0.2, 0) is 25.9 Å². The fourth-order valence-corrected chi connectivity index (χ4v) is 3.45. The fraction of sp³-hybridized carbons (Fsp3) is 0.474. The smallest absolute Gasteiger partial charge is 0.254 e. The highest BCUT2D eigenvalue weighted by Gasteiger charge is 2.25. The summed E-state index contributed by atoms with van der Waals surface area (Å²) in [6, 6.07) is 8.10. The van der Waals surface area contributed by atoms with Crippen LogP contribution < -0.4 is 10.3 Å². The van der Waals surface area contributed by atoms with Crippen LogP contribution in [0.4, 0.5) is 0 Å². The third kappa shape index (κ3) is 3.22. The molecule has 0 amide bonds. The van der Waals surface area contributed by atoms with E-state index in [9.17, 15) is 4.79 Å². The second-order valence-electron chi connectivity index (χ2n) is 6.86. The molecular weight excluding hydrogens is 302 g/mol. The maximum atomic E-state index is 12.3. The van der Waals surface area contributed by atoms with Crippen LogP contribution in [0.2, 0.25) is 0 Å². The van der Waals surface area contributed by atoms with Crippen LogP contribution >= 0.6 is 0 Å². The number of nitrogens with zero attached hydrogens (tertiary/aromatic N) is 2. The SMILES string of the molecule is COc1ccccc1CN1CCc2c(nc(CC3CC3)[nH]c2=O)C1. The van der Waals surface area contributed by atoms with Crippen molar-refractivity contribution in [2.45, 2.75) is 38.8 Å². The fourth-order valence-electron chi connectivity index (χ4n) is 3.45. The van der Waals surface area contributed by atoms with Crippen molar-refractivity contribution in [3.05, 3.63) is 57.3 Å². The molecule has 1 aromatic carbocycles. The molecule has 0 spiro atoms. The highest BCUT2D eigenvalue weighted by molar-refractivity contribution is 5.33. The number of ether oxygens (including phenoxy) is 1. The Bertz CT molecular complexity index is 795. The topological polar surface area (TPSA) is 58.2 Å². The normalized spacial score (nSPS) is 17.5. The highest BCUT2D eigenvalue weighted by atomic mass is 16.5. The number of aromatic amines is 1. The molecule has 5 heteroatoms. The van der Waals surface area contributed by atoms with Gasteiger partial charge in [0.05, 0.1) is 12.8 Å². The molecule has 5 nitrogen and oxygen atoms in total. The largest absolute Gasteiger partial charge is 0.496 e. The Kier molecular flexibility index (Phi) is 4.10. The van der Waals surface area contributed by atoms with Crippen molar-refractivity contribution in [2.75, 3.05) is 13.7 Å². The first kappa shape index (κ1) is 15.4. The average molecular weight is 325 g/mol. The highest BCUT2D eigenvalue weighted by Crippen LogP contribution is 2.31. The van der Waals surface area contributed by atoms with Crippen molar-refractivity contribution < 1.29 is 4.74 Å². The van der Waals surface area contributed by atoms with Gasteiger partial charge in [0.2, 0.25) is 0 Å². The average Bonchev–Trinajstić information content (AvgIpc) is 3.39. The molecular formula is C19H23N3O2. The zero-order chi connectivity index (χ0) is 16.5. The number of rotatable bonds is 5. The van der Waals surface area contributed by atoms with Crippen LogP contribution in [-0.4, -0.2) is 28.5 Å². The number of nitrogens with one attached hydrogen (secondary N) is 1. The lowest BCUT2D eigenvalue weighted by Crippen LogP contribution is -2.35. The maximum Gasteiger partial charge on any atom is 0.254 e. The minimum atomic E-state index is 0.0626. The van der Waals surface area contributed by atoms with Crippen LogP contribution in [0.15, 0.2) is 29.1 Å². The van der Waals surface area contributed by atoms with Crippen LogP contribution in [0.3, 0.4) is 0 Å². The minimum Gasteiger partial charge on any atom is -0.496 e. The molecule has 0 radical (unpaired) electrons. The summed E-state index contributed by atoms with van der Waals surface area (Å²) in [5.74, 6) is 2.50. The van der Waals surface area contributed by atoms with Crippen LogP contribution in [0.1, 0.15) is 35.5 Å². The second kappa shape index (κ2) is 6.40. The van der Waals surface area contributed by atoms with Gasteiger partial charge in [0, 0.05) is 37.2 Å². The summed E-state index contributed by atoms with van der Waals surface area (Å²) in [6.07, 6.45) is 4.20. The second-order valence-corrected chi connectivity index (χ2v) is 6.86. The molecule has 2 heterocycles. The van der Waals surface area contributed by atoms with E-state index in [0.29, 0.717) is 0 Å². The van der Waals surface area contributed by atoms with E-state index in [-0.39, 0.29) is 5.56 Å². The van der Waals surface area contributed by atoms with Gasteiger partial charge in [-0.2, -0.15) is 0 Å². The zero-order valence-corrected chi connectivity index (χ0v) is 14.0. The molecule has 1 saturated carbocycles. The summed E-state index contributed by atoms with van der Waals surface area (Å²) in [5.41, 5.74) is 3.06. The number of hydrogen-bond acceptors (Lipinski definition) is 4. The van der Waals surface area contributed by atoms with E-state index in [1.54, 1.807) is 7.11 Å². The van der Waals surface area contributed by atoms with Crippen molar-refractivity contribution >= 4 is 0 Å². The number of benzene rings is 1. The molecule has 0 atom stereocenters. The lowest BCUT2D eigenvalue weighted by molar-refractivity contribution is 0.236. The maximum absolute atomic E-state index is 12.3. The van der Waals surface area contributed by atoms with Crippen molar-refractivity contribution in [2.24, 2.45) is 5.92 Å². The summed E-state index contributed by atoms with van der Waals surface area (Å²) in [4.78, 5) is 22.4. The van der Waals surface area contributed by atoms with E-state index in [0.717, 1.165) is 61.2 Å². The van der Waals surface area contributed by atoms with Gasteiger partial charge in [0.1, 0.15) is 11.6 Å². The molecule has 1 fully saturated rings. The first-order valence-corrected chi connectivity index (χ1v) is 8.68. The molecule has 0 bridgehead atoms. The number of H-pyrrole nitrogens is 1. The molecule has 1 aromatic heterocycles. The Morgan fingerprint density at radius 3 is 2.96 bits per heavy atom. The van der Waals surface area contributed by atoms with E-state index >= 15 is 0 Å². The Labute approximate surface area is 141 Å². The zero-order valence-electron chi connectivity index (χ0n) is 14.0. The summed E-state index contributed by atoms with van der Waals surface area (Å²) in [7, 11) is 1.70. The van der Waals surface area contributed by atoms with E-state index in [1.165, 1.54) is 18.4 Å². The minimum absolute atomic E-state index is 0.0626. The van der Waals surface area contributed by atoms with Gasteiger partial charge in [-0.3, -0.25) is 9.69 Å². The standard InChI is InChI=1S/C19H23N3O2/c1-24-17-5-3-2-4-14(17)11-22-9-8-15-16(12-22)20-18(21-19(15)23)10-13-6-7-13/h2-5,13H,6-12H2,1H3,(H,20,21,23). The summed E-state index contributed by atoms with van der Waals surface area (Å²) >= 11 is 0. The third-order valence-electron chi connectivity index (χ3n) is 4.97. The number of aromatic nitrogens is 2. The summed E-state index contributed by atoms with van der Waals surface area (Å²) in [5, 5.41) is 0. The lowest BCUT2D eigenvalue weighted by atomic mass is 10.0. The van der Waals surface area contributed by atoms with Gasteiger partial charge in [0.15, 0.2) is 0 Å². The molecule has 1 aliphatic carbocycles. The third-order valence-corrected chi connectivity index (χ3v) is 4.97. The monoisotopic (exact) mass is 325 g/mol. The Hall–Kier alpha value is -2.14. The molecule has 2 aliphatic rings. The van der Waals surface area contributed by atoms with Crippen molar-refractivity contribution in [1.29, 1.82) is 0 Å². The molecule has 2 aromatic rings. The van der Waals surface area contributed by atoms with Gasteiger partial charge in [0.25, 0.3) is 5.56 Å². The molecule has 4 rings (SSSR count). The van der Waals surface area contributed by atoms with E-state index in [2.05, 4.69) is 16.0 Å².